The molecule has 106 valence electrons. The minimum atomic E-state index is -0.931. The topological polar surface area (TPSA) is 77.5 Å². The molecular weight excluding hydrogens is 256 g/mol. The molecule has 0 aromatic carbocycles. The van der Waals surface area contributed by atoms with E-state index in [1.54, 1.807) is 6.07 Å². The van der Waals surface area contributed by atoms with Crippen LogP contribution in [0.1, 0.15) is 28.9 Å². The largest absolute Gasteiger partial charge is 0.478 e. The summed E-state index contributed by atoms with van der Waals surface area (Å²) >= 11 is 0. The van der Waals surface area contributed by atoms with E-state index in [1.807, 2.05) is 6.20 Å². The third-order valence-corrected chi connectivity index (χ3v) is 3.68. The van der Waals surface area contributed by atoms with Crippen molar-refractivity contribution in [3.63, 3.8) is 0 Å². The van der Waals surface area contributed by atoms with E-state index in [2.05, 4.69) is 20.5 Å². The number of nitrogens with zero attached hydrogens (tertiary/aromatic N) is 2. The molecule has 3 rings (SSSR count). The Kier molecular flexibility index (Phi) is 3.56. The predicted molar refractivity (Wildman–Crippen MR) is 74.9 cm³/mol. The number of hydrogen-bond acceptors (Lipinski definition) is 5. The lowest BCUT2D eigenvalue weighted by Gasteiger charge is -2.19. The Morgan fingerprint density at radius 2 is 2.45 bits per heavy atom. The summed E-state index contributed by atoms with van der Waals surface area (Å²) in [7, 11) is 0. The zero-order valence-electron chi connectivity index (χ0n) is 11.2. The molecule has 2 aliphatic heterocycles. The van der Waals surface area contributed by atoms with Crippen LogP contribution in [0.15, 0.2) is 24.5 Å². The summed E-state index contributed by atoms with van der Waals surface area (Å²) in [6.45, 7) is 2.81. The van der Waals surface area contributed by atoms with E-state index in [4.69, 9.17) is 5.11 Å². The third-order valence-electron chi connectivity index (χ3n) is 3.68. The van der Waals surface area contributed by atoms with Crippen molar-refractivity contribution in [2.75, 3.05) is 19.8 Å². The van der Waals surface area contributed by atoms with Gasteiger partial charge in [-0.15, -0.1) is 0 Å². The summed E-state index contributed by atoms with van der Waals surface area (Å²) in [6, 6.07) is 3.64. The monoisotopic (exact) mass is 274 g/mol. The summed E-state index contributed by atoms with van der Waals surface area (Å²) in [4.78, 5) is 17.4. The maximum absolute atomic E-state index is 11.0. The fraction of sp³-hybridized carbons (Fsp3) is 0.429. The first kappa shape index (κ1) is 12.9. The van der Waals surface area contributed by atoms with Gasteiger partial charge in [-0.25, -0.2) is 4.79 Å². The molecule has 0 amide bonds. The van der Waals surface area contributed by atoms with Gasteiger partial charge in [-0.3, -0.25) is 4.98 Å². The van der Waals surface area contributed by atoms with E-state index in [0.717, 1.165) is 25.5 Å². The minimum Gasteiger partial charge on any atom is -0.478 e. The van der Waals surface area contributed by atoms with Crippen LogP contribution < -0.4 is 10.6 Å². The molecule has 2 aliphatic rings. The number of carbonyl (C=O) groups is 1. The lowest BCUT2D eigenvalue weighted by Crippen LogP contribution is -2.35. The van der Waals surface area contributed by atoms with Crippen molar-refractivity contribution in [2.45, 2.75) is 18.9 Å². The van der Waals surface area contributed by atoms with Crippen molar-refractivity contribution in [1.29, 1.82) is 0 Å². The maximum atomic E-state index is 11.0. The van der Waals surface area contributed by atoms with Crippen LogP contribution in [0.2, 0.25) is 0 Å². The van der Waals surface area contributed by atoms with Crippen LogP contribution in [0.4, 0.5) is 0 Å². The predicted octanol–water partition coefficient (Wildman–Crippen LogP) is 0.693. The number of nitrogens with one attached hydrogen (secondary N) is 2. The fourth-order valence-electron chi connectivity index (χ4n) is 2.64. The van der Waals surface area contributed by atoms with Gasteiger partial charge < -0.3 is 20.6 Å². The van der Waals surface area contributed by atoms with Gasteiger partial charge >= 0.3 is 5.97 Å². The summed E-state index contributed by atoms with van der Waals surface area (Å²) in [5.41, 5.74) is 1.81. The standard InChI is InChI=1S/C14H18N4O2/c19-14(20)10-3-5-16-12(6-10)13-8-18(9-17-13)7-11-2-1-4-15-11/h3,5-6,8,11,15,17H,1-2,4,7,9H2,(H,19,20). The highest BCUT2D eigenvalue weighted by Gasteiger charge is 2.20. The average Bonchev–Trinajstić information content (AvgIpc) is 3.11. The van der Waals surface area contributed by atoms with E-state index in [-0.39, 0.29) is 5.56 Å². The van der Waals surface area contributed by atoms with Gasteiger partial charge in [-0.05, 0) is 31.5 Å². The van der Waals surface area contributed by atoms with Crippen molar-refractivity contribution in [1.82, 2.24) is 20.5 Å². The highest BCUT2D eigenvalue weighted by molar-refractivity contribution is 5.88. The number of aromatic nitrogens is 1. The Labute approximate surface area is 117 Å². The lowest BCUT2D eigenvalue weighted by molar-refractivity contribution is 0.0696. The first-order valence-electron chi connectivity index (χ1n) is 6.85. The SMILES string of the molecule is O=C(O)c1ccnc(C2=CN(CC3CCCN3)CN2)c1. The van der Waals surface area contributed by atoms with E-state index >= 15 is 0 Å². The van der Waals surface area contributed by atoms with Gasteiger partial charge in [0.1, 0.15) is 0 Å². The Hall–Kier alpha value is -2.08. The van der Waals surface area contributed by atoms with Crippen LogP contribution in [0.3, 0.4) is 0 Å². The number of aromatic carboxylic acids is 1. The smallest absolute Gasteiger partial charge is 0.335 e. The Morgan fingerprint density at radius 3 is 3.20 bits per heavy atom. The number of pyridine rings is 1. The molecule has 0 aliphatic carbocycles. The minimum absolute atomic E-state index is 0.258. The molecule has 1 aromatic heterocycles. The highest BCUT2D eigenvalue weighted by atomic mass is 16.4. The zero-order valence-corrected chi connectivity index (χ0v) is 11.2. The average molecular weight is 274 g/mol. The number of carboxylic acids is 1. The molecule has 1 aromatic rings. The third kappa shape index (κ3) is 2.75. The van der Waals surface area contributed by atoms with Crippen LogP contribution >= 0.6 is 0 Å². The molecule has 0 bridgehead atoms. The van der Waals surface area contributed by atoms with Crippen LogP contribution in [-0.4, -0.2) is 46.8 Å². The second-order valence-corrected chi connectivity index (χ2v) is 5.18. The number of hydrogen-bond donors (Lipinski definition) is 3. The van der Waals surface area contributed by atoms with Crippen LogP contribution in [0, 0.1) is 0 Å². The van der Waals surface area contributed by atoms with Crippen LogP contribution in [-0.2, 0) is 0 Å². The van der Waals surface area contributed by atoms with Gasteiger partial charge in [0.25, 0.3) is 0 Å². The number of rotatable bonds is 4. The molecular formula is C14H18N4O2. The Morgan fingerprint density at radius 1 is 1.55 bits per heavy atom. The normalized spacial score (nSPS) is 21.7. The second kappa shape index (κ2) is 5.50. The van der Waals surface area contributed by atoms with E-state index < -0.39 is 5.97 Å². The van der Waals surface area contributed by atoms with Gasteiger partial charge in [-0.2, -0.15) is 0 Å². The molecule has 1 unspecified atom stereocenters. The van der Waals surface area contributed by atoms with Crippen LogP contribution in [0.25, 0.3) is 5.70 Å². The van der Waals surface area contributed by atoms with Crippen molar-refractivity contribution in [3.8, 4) is 0 Å². The molecule has 20 heavy (non-hydrogen) atoms. The van der Waals surface area contributed by atoms with Crippen LogP contribution in [0.5, 0.6) is 0 Å². The number of carboxylic acid groups (broad SMARTS) is 1. The molecule has 1 fully saturated rings. The summed E-state index contributed by atoms with van der Waals surface area (Å²) in [5.74, 6) is -0.931. The van der Waals surface area contributed by atoms with Crippen molar-refractivity contribution >= 4 is 11.7 Å². The molecule has 3 heterocycles. The molecule has 3 N–H and O–H groups in total. The molecule has 6 heteroatoms. The second-order valence-electron chi connectivity index (χ2n) is 5.18. The molecule has 6 nitrogen and oxygen atoms in total. The maximum Gasteiger partial charge on any atom is 0.335 e. The summed E-state index contributed by atoms with van der Waals surface area (Å²) in [5, 5.41) is 15.7. The van der Waals surface area contributed by atoms with E-state index in [9.17, 15) is 4.79 Å². The quantitative estimate of drug-likeness (QED) is 0.750. The summed E-state index contributed by atoms with van der Waals surface area (Å²) < 4.78 is 0. The van der Waals surface area contributed by atoms with E-state index in [0.29, 0.717) is 11.7 Å². The fourth-order valence-corrected chi connectivity index (χ4v) is 2.64. The van der Waals surface area contributed by atoms with Crippen molar-refractivity contribution in [3.05, 3.63) is 35.8 Å². The van der Waals surface area contributed by atoms with Gasteiger partial charge in [0.2, 0.25) is 0 Å². The molecule has 0 spiro atoms. The van der Waals surface area contributed by atoms with Crippen molar-refractivity contribution in [2.24, 2.45) is 0 Å². The molecule has 1 saturated heterocycles. The lowest BCUT2D eigenvalue weighted by atomic mass is 10.2. The molecule has 1 atom stereocenters. The van der Waals surface area contributed by atoms with Crippen molar-refractivity contribution < 1.29 is 9.90 Å². The van der Waals surface area contributed by atoms with Gasteiger partial charge in [0, 0.05) is 25.0 Å². The highest BCUT2D eigenvalue weighted by Crippen LogP contribution is 2.17. The Balaban J connectivity index is 1.70. The van der Waals surface area contributed by atoms with Gasteiger partial charge in [-0.1, -0.05) is 0 Å². The van der Waals surface area contributed by atoms with Gasteiger partial charge in [0.15, 0.2) is 0 Å². The Bertz CT molecular complexity index is 538. The molecule has 0 saturated carbocycles. The zero-order chi connectivity index (χ0) is 13.9. The first-order chi connectivity index (χ1) is 9.72. The first-order valence-corrected chi connectivity index (χ1v) is 6.85. The molecule has 0 radical (unpaired) electrons. The van der Waals surface area contributed by atoms with Gasteiger partial charge in [0.05, 0.1) is 23.6 Å². The van der Waals surface area contributed by atoms with E-state index in [1.165, 1.54) is 25.1 Å². The summed E-state index contributed by atoms with van der Waals surface area (Å²) in [6.07, 6.45) is 6.01.